The number of rotatable bonds is 4. The van der Waals surface area contributed by atoms with Gasteiger partial charge < -0.3 is 16.0 Å². The third kappa shape index (κ3) is 6.76. The van der Waals surface area contributed by atoms with Crippen molar-refractivity contribution in [1.82, 2.24) is 10.6 Å². The summed E-state index contributed by atoms with van der Waals surface area (Å²) in [5.74, 6) is -0.447. The summed E-state index contributed by atoms with van der Waals surface area (Å²) in [5.41, 5.74) is 1.10. The van der Waals surface area contributed by atoms with Crippen LogP contribution in [0.15, 0.2) is 53.0 Å². The van der Waals surface area contributed by atoms with Crippen LogP contribution < -0.4 is 16.0 Å². The summed E-state index contributed by atoms with van der Waals surface area (Å²) < 4.78 is -0.913. The van der Waals surface area contributed by atoms with E-state index in [9.17, 15) is 4.79 Å². The molecule has 138 valence electrons. The Hall–Kier alpha value is -0.760. The largest absolute Gasteiger partial charge is 0.339 e. The Labute approximate surface area is 184 Å². The summed E-state index contributed by atoms with van der Waals surface area (Å²) in [6.45, 7) is 0. The van der Waals surface area contributed by atoms with E-state index in [1.54, 1.807) is 24.3 Å². The first-order valence-electron chi connectivity index (χ1n) is 7.11. The quantitative estimate of drug-likeness (QED) is 0.285. The Bertz CT molecular complexity index is 782. The number of alkyl halides is 3. The van der Waals surface area contributed by atoms with Gasteiger partial charge in [0.25, 0.3) is 5.91 Å². The van der Waals surface area contributed by atoms with Gasteiger partial charge in [0.2, 0.25) is 3.79 Å². The molecule has 2 aromatic carbocycles. The van der Waals surface area contributed by atoms with Crippen molar-refractivity contribution in [1.29, 1.82) is 0 Å². The van der Waals surface area contributed by atoms with Crippen molar-refractivity contribution in [2.24, 2.45) is 0 Å². The number of amides is 1. The van der Waals surface area contributed by atoms with Crippen LogP contribution >= 0.6 is 74.6 Å². The zero-order valence-electron chi connectivity index (χ0n) is 12.9. The molecular formula is C16H12BrCl4N3OS. The minimum absolute atomic E-state index is 0.181. The number of anilines is 1. The Kier molecular flexibility index (Phi) is 7.82. The van der Waals surface area contributed by atoms with Crippen LogP contribution in [0.5, 0.6) is 0 Å². The lowest BCUT2D eigenvalue weighted by Crippen LogP contribution is -2.56. The van der Waals surface area contributed by atoms with Gasteiger partial charge in [0.1, 0.15) is 6.17 Å². The molecule has 0 saturated heterocycles. The highest BCUT2D eigenvalue weighted by molar-refractivity contribution is 9.10. The topological polar surface area (TPSA) is 53.2 Å². The number of hydrogen-bond acceptors (Lipinski definition) is 2. The van der Waals surface area contributed by atoms with Crippen LogP contribution in [0.2, 0.25) is 5.02 Å². The average molecular weight is 516 g/mol. The maximum atomic E-state index is 12.4. The normalized spacial score (nSPS) is 12.2. The fourth-order valence-corrected chi connectivity index (χ4v) is 2.80. The number of halogens is 5. The Morgan fingerprint density at radius 3 is 2.12 bits per heavy atom. The Balaban J connectivity index is 2.04. The van der Waals surface area contributed by atoms with E-state index in [-0.39, 0.29) is 5.11 Å². The predicted molar refractivity (Wildman–Crippen MR) is 116 cm³/mol. The molecular weight excluding hydrogens is 504 g/mol. The van der Waals surface area contributed by atoms with Gasteiger partial charge in [-0.15, -0.1) is 0 Å². The van der Waals surface area contributed by atoms with Gasteiger partial charge in [0.05, 0.1) is 0 Å². The van der Waals surface area contributed by atoms with Gasteiger partial charge in [-0.2, -0.15) is 0 Å². The lowest BCUT2D eigenvalue weighted by molar-refractivity contribution is 0.0934. The highest BCUT2D eigenvalue weighted by atomic mass is 79.9. The fraction of sp³-hybridized carbons (Fsp3) is 0.125. The summed E-state index contributed by atoms with van der Waals surface area (Å²) >= 11 is 32.3. The van der Waals surface area contributed by atoms with Gasteiger partial charge in [-0.3, -0.25) is 4.79 Å². The third-order valence-electron chi connectivity index (χ3n) is 3.09. The molecule has 0 aliphatic carbocycles. The first-order chi connectivity index (χ1) is 12.1. The molecule has 0 aliphatic rings. The highest BCUT2D eigenvalue weighted by Crippen LogP contribution is 2.29. The van der Waals surface area contributed by atoms with Crippen molar-refractivity contribution in [2.45, 2.75) is 9.96 Å². The standard InChI is InChI=1S/C16H12BrCl4N3OS/c17-10-3-7-12(8-4-10)22-15(26)24-14(16(19,20)21)23-13(25)9-1-5-11(18)6-2-9/h1-8,14H,(H,23,25)(H2,22,24,26). The second-order valence-electron chi connectivity index (χ2n) is 5.06. The van der Waals surface area contributed by atoms with Crippen LogP contribution in [0.25, 0.3) is 0 Å². The van der Waals surface area contributed by atoms with Crippen LogP contribution in [0, 0.1) is 0 Å². The SMILES string of the molecule is O=C(NC(NC(=S)Nc1ccc(Br)cc1)C(Cl)(Cl)Cl)c1ccc(Cl)cc1. The monoisotopic (exact) mass is 513 g/mol. The Morgan fingerprint density at radius 2 is 1.58 bits per heavy atom. The fourth-order valence-electron chi connectivity index (χ4n) is 1.85. The zero-order chi connectivity index (χ0) is 19.3. The number of thiocarbonyl (C=S) groups is 1. The molecule has 4 nitrogen and oxygen atoms in total. The molecule has 0 aromatic heterocycles. The van der Waals surface area contributed by atoms with E-state index in [0.717, 1.165) is 10.2 Å². The van der Waals surface area contributed by atoms with Crippen molar-refractivity contribution in [3.63, 3.8) is 0 Å². The molecule has 1 amide bonds. The molecule has 0 bridgehead atoms. The molecule has 0 saturated carbocycles. The highest BCUT2D eigenvalue weighted by Gasteiger charge is 2.34. The number of hydrogen-bond donors (Lipinski definition) is 3. The van der Waals surface area contributed by atoms with Crippen LogP contribution in [-0.4, -0.2) is 21.0 Å². The molecule has 2 aromatic rings. The zero-order valence-corrected chi connectivity index (χ0v) is 18.3. The first kappa shape index (κ1) is 21.5. The van der Waals surface area contributed by atoms with E-state index < -0.39 is 15.9 Å². The smallest absolute Gasteiger partial charge is 0.252 e. The third-order valence-corrected chi connectivity index (χ3v) is 4.74. The maximum absolute atomic E-state index is 12.4. The number of nitrogens with one attached hydrogen (secondary N) is 3. The lowest BCUT2D eigenvalue weighted by atomic mass is 10.2. The average Bonchev–Trinajstić information content (AvgIpc) is 2.56. The lowest BCUT2D eigenvalue weighted by Gasteiger charge is -2.27. The van der Waals surface area contributed by atoms with Gasteiger partial charge in [0.15, 0.2) is 5.11 Å². The van der Waals surface area contributed by atoms with Crippen LogP contribution in [-0.2, 0) is 0 Å². The van der Waals surface area contributed by atoms with E-state index in [1.807, 2.05) is 24.3 Å². The van der Waals surface area contributed by atoms with Crippen molar-refractivity contribution >= 4 is 91.3 Å². The van der Waals surface area contributed by atoms with Crippen molar-refractivity contribution < 1.29 is 4.79 Å². The van der Waals surface area contributed by atoms with E-state index in [2.05, 4.69) is 31.9 Å². The van der Waals surface area contributed by atoms with E-state index >= 15 is 0 Å². The van der Waals surface area contributed by atoms with Gasteiger partial charge in [-0.25, -0.2) is 0 Å². The number of carbonyl (C=O) groups excluding carboxylic acids is 1. The van der Waals surface area contributed by atoms with Crippen LogP contribution in [0.4, 0.5) is 5.69 Å². The maximum Gasteiger partial charge on any atom is 0.252 e. The van der Waals surface area contributed by atoms with E-state index in [4.69, 9.17) is 58.6 Å². The molecule has 2 rings (SSSR count). The minimum Gasteiger partial charge on any atom is -0.339 e. The molecule has 0 fully saturated rings. The molecule has 26 heavy (non-hydrogen) atoms. The Morgan fingerprint density at radius 1 is 1.00 bits per heavy atom. The summed E-state index contributed by atoms with van der Waals surface area (Å²) in [4.78, 5) is 12.4. The van der Waals surface area contributed by atoms with E-state index in [0.29, 0.717) is 10.6 Å². The van der Waals surface area contributed by atoms with Crippen LogP contribution in [0.3, 0.4) is 0 Å². The van der Waals surface area contributed by atoms with Crippen LogP contribution in [0.1, 0.15) is 10.4 Å². The first-order valence-corrected chi connectivity index (χ1v) is 9.83. The molecule has 0 spiro atoms. The second-order valence-corrected chi connectivity index (χ2v) is 9.19. The van der Waals surface area contributed by atoms with Crippen molar-refractivity contribution in [3.05, 3.63) is 63.6 Å². The van der Waals surface area contributed by atoms with Crippen molar-refractivity contribution in [3.8, 4) is 0 Å². The minimum atomic E-state index is -1.84. The van der Waals surface area contributed by atoms with E-state index in [1.165, 1.54) is 0 Å². The number of carbonyl (C=O) groups is 1. The molecule has 0 heterocycles. The predicted octanol–water partition coefficient (Wildman–Crippen LogP) is 5.52. The molecule has 10 heteroatoms. The molecule has 1 atom stereocenters. The van der Waals surface area contributed by atoms with Gasteiger partial charge in [0, 0.05) is 20.7 Å². The number of benzene rings is 2. The summed E-state index contributed by atoms with van der Waals surface area (Å²) in [6, 6.07) is 13.6. The molecule has 1 unspecified atom stereocenters. The summed E-state index contributed by atoms with van der Waals surface area (Å²) in [7, 11) is 0. The van der Waals surface area contributed by atoms with Gasteiger partial charge in [-0.05, 0) is 60.7 Å². The van der Waals surface area contributed by atoms with Gasteiger partial charge >= 0.3 is 0 Å². The van der Waals surface area contributed by atoms with Crippen molar-refractivity contribution in [2.75, 3.05) is 5.32 Å². The second kappa shape index (κ2) is 9.44. The molecule has 3 N–H and O–H groups in total. The molecule has 0 aliphatic heterocycles. The summed E-state index contributed by atoms with van der Waals surface area (Å²) in [5, 5.41) is 9.02. The molecule has 0 radical (unpaired) electrons. The van der Waals surface area contributed by atoms with Gasteiger partial charge in [-0.1, -0.05) is 62.3 Å². The summed E-state index contributed by atoms with van der Waals surface area (Å²) in [6.07, 6.45) is -1.06.